The second kappa shape index (κ2) is 7.22. The molecule has 0 bridgehead atoms. The van der Waals surface area contributed by atoms with Crippen molar-refractivity contribution < 1.29 is 19.4 Å². The quantitative estimate of drug-likeness (QED) is 0.799. The summed E-state index contributed by atoms with van der Waals surface area (Å²) >= 11 is 0. The minimum absolute atomic E-state index is 0.00742. The summed E-state index contributed by atoms with van der Waals surface area (Å²) in [5.41, 5.74) is 0. The van der Waals surface area contributed by atoms with Gasteiger partial charge in [0, 0.05) is 19.1 Å². The van der Waals surface area contributed by atoms with Gasteiger partial charge in [-0.3, -0.25) is 9.69 Å². The first-order valence-electron chi connectivity index (χ1n) is 7.83. The molecule has 120 valence electrons. The van der Waals surface area contributed by atoms with Crippen molar-refractivity contribution in [3.8, 4) is 0 Å². The molecule has 6 nitrogen and oxygen atoms in total. The predicted molar refractivity (Wildman–Crippen MR) is 77.9 cm³/mol. The lowest BCUT2D eigenvalue weighted by atomic mass is 9.78. The van der Waals surface area contributed by atoms with Crippen LogP contribution in [-0.4, -0.2) is 60.3 Å². The van der Waals surface area contributed by atoms with Crippen molar-refractivity contribution in [1.29, 1.82) is 0 Å². The van der Waals surface area contributed by atoms with Gasteiger partial charge in [0.25, 0.3) is 0 Å². The molecule has 1 aliphatic carbocycles. The zero-order valence-electron chi connectivity index (χ0n) is 12.9. The van der Waals surface area contributed by atoms with E-state index < -0.39 is 12.1 Å². The maximum atomic E-state index is 12.2. The van der Waals surface area contributed by atoms with Crippen molar-refractivity contribution in [1.82, 2.24) is 10.2 Å². The molecular weight excluding hydrogens is 272 g/mol. The van der Waals surface area contributed by atoms with Gasteiger partial charge in [0.1, 0.15) is 0 Å². The lowest BCUT2D eigenvalue weighted by Crippen LogP contribution is -2.52. The molecule has 0 aromatic heterocycles. The van der Waals surface area contributed by atoms with Crippen LogP contribution in [0.25, 0.3) is 0 Å². The maximum Gasteiger partial charge on any atom is 0.334 e. The Bertz CT molecular complexity index is 388. The fourth-order valence-corrected chi connectivity index (χ4v) is 3.24. The topological polar surface area (TPSA) is 78.9 Å². The Morgan fingerprint density at radius 1 is 1.33 bits per heavy atom. The second-order valence-corrected chi connectivity index (χ2v) is 6.37. The number of aliphatic carboxylic acids is 1. The standard InChI is InChI=1S/C15H26N2O4/c1-10-4-3-5-12(11(10)2)16-14(18)9-17-6-7-21-13(8-17)15(19)20/h10-13H,3-9H2,1-2H3,(H,16,18)(H,19,20). The first kappa shape index (κ1) is 16.2. The van der Waals surface area contributed by atoms with Crippen LogP contribution in [0.3, 0.4) is 0 Å². The Balaban J connectivity index is 1.80. The normalized spacial score (nSPS) is 34.4. The highest BCUT2D eigenvalue weighted by Crippen LogP contribution is 2.29. The largest absolute Gasteiger partial charge is 0.479 e. The number of ether oxygens (including phenoxy) is 1. The van der Waals surface area contributed by atoms with Crippen LogP contribution in [0.2, 0.25) is 0 Å². The molecule has 2 rings (SSSR count). The fourth-order valence-electron chi connectivity index (χ4n) is 3.24. The Morgan fingerprint density at radius 3 is 2.81 bits per heavy atom. The average Bonchev–Trinajstić information content (AvgIpc) is 2.44. The molecule has 0 aromatic rings. The molecule has 1 amide bonds. The molecule has 1 aliphatic heterocycles. The zero-order valence-corrected chi connectivity index (χ0v) is 12.9. The van der Waals surface area contributed by atoms with Crippen LogP contribution in [0.1, 0.15) is 33.1 Å². The Labute approximate surface area is 125 Å². The van der Waals surface area contributed by atoms with E-state index in [9.17, 15) is 9.59 Å². The monoisotopic (exact) mass is 298 g/mol. The van der Waals surface area contributed by atoms with Crippen LogP contribution >= 0.6 is 0 Å². The van der Waals surface area contributed by atoms with E-state index in [2.05, 4.69) is 19.2 Å². The van der Waals surface area contributed by atoms with Gasteiger partial charge >= 0.3 is 5.97 Å². The maximum absolute atomic E-state index is 12.2. The molecule has 4 atom stereocenters. The highest BCUT2D eigenvalue weighted by Gasteiger charge is 2.30. The Hall–Kier alpha value is -1.14. The van der Waals surface area contributed by atoms with E-state index in [0.29, 0.717) is 25.0 Å². The highest BCUT2D eigenvalue weighted by atomic mass is 16.5. The van der Waals surface area contributed by atoms with E-state index in [-0.39, 0.29) is 25.0 Å². The molecule has 1 saturated carbocycles. The summed E-state index contributed by atoms with van der Waals surface area (Å²) in [6, 6.07) is 0.248. The van der Waals surface area contributed by atoms with Crippen LogP contribution in [0, 0.1) is 11.8 Å². The third kappa shape index (κ3) is 4.41. The number of carbonyl (C=O) groups excluding carboxylic acids is 1. The molecular formula is C15H26N2O4. The number of rotatable bonds is 4. The van der Waals surface area contributed by atoms with E-state index in [1.807, 2.05) is 4.90 Å². The minimum atomic E-state index is -0.963. The molecule has 0 spiro atoms. The summed E-state index contributed by atoms with van der Waals surface area (Å²) in [7, 11) is 0. The van der Waals surface area contributed by atoms with Crippen LogP contribution < -0.4 is 5.32 Å². The number of hydrogen-bond donors (Lipinski definition) is 2. The molecule has 4 unspecified atom stereocenters. The van der Waals surface area contributed by atoms with E-state index in [0.717, 1.165) is 12.8 Å². The van der Waals surface area contributed by atoms with Crippen molar-refractivity contribution in [2.75, 3.05) is 26.2 Å². The van der Waals surface area contributed by atoms with E-state index in [1.54, 1.807) is 0 Å². The predicted octanol–water partition coefficient (Wildman–Crippen LogP) is 0.713. The molecule has 2 N–H and O–H groups in total. The molecule has 1 heterocycles. The second-order valence-electron chi connectivity index (χ2n) is 6.37. The lowest BCUT2D eigenvalue weighted by Gasteiger charge is -2.35. The van der Waals surface area contributed by atoms with Crippen molar-refractivity contribution in [3.05, 3.63) is 0 Å². The number of carboxylic acids is 1. The van der Waals surface area contributed by atoms with Crippen LogP contribution in [0.5, 0.6) is 0 Å². The van der Waals surface area contributed by atoms with Gasteiger partial charge in [0.05, 0.1) is 13.2 Å². The SMILES string of the molecule is CC1CCCC(NC(=O)CN2CCOC(C(=O)O)C2)C1C. The summed E-state index contributed by atoms with van der Waals surface area (Å²) in [4.78, 5) is 25.0. The minimum Gasteiger partial charge on any atom is -0.479 e. The molecule has 0 radical (unpaired) electrons. The van der Waals surface area contributed by atoms with Gasteiger partial charge in [-0.15, -0.1) is 0 Å². The van der Waals surface area contributed by atoms with Gasteiger partial charge in [-0.1, -0.05) is 26.7 Å². The van der Waals surface area contributed by atoms with Crippen molar-refractivity contribution in [2.45, 2.75) is 45.3 Å². The number of amides is 1. The number of carboxylic acid groups (broad SMARTS) is 1. The average molecular weight is 298 g/mol. The van der Waals surface area contributed by atoms with Gasteiger partial charge < -0.3 is 15.2 Å². The Morgan fingerprint density at radius 2 is 2.10 bits per heavy atom. The van der Waals surface area contributed by atoms with Crippen LogP contribution in [-0.2, 0) is 14.3 Å². The molecule has 6 heteroatoms. The van der Waals surface area contributed by atoms with Gasteiger partial charge in [0.15, 0.2) is 6.10 Å². The smallest absolute Gasteiger partial charge is 0.334 e. The molecule has 0 aromatic carbocycles. The van der Waals surface area contributed by atoms with E-state index >= 15 is 0 Å². The van der Waals surface area contributed by atoms with Gasteiger partial charge in [0.2, 0.25) is 5.91 Å². The van der Waals surface area contributed by atoms with Crippen molar-refractivity contribution in [2.24, 2.45) is 11.8 Å². The number of morpholine rings is 1. The Kier molecular flexibility index (Phi) is 5.58. The lowest BCUT2D eigenvalue weighted by molar-refractivity contribution is -0.156. The zero-order chi connectivity index (χ0) is 15.4. The number of carbonyl (C=O) groups is 2. The third-order valence-electron chi connectivity index (χ3n) is 4.85. The number of hydrogen-bond acceptors (Lipinski definition) is 4. The highest BCUT2D eigenvalue weighted by molar-refractivity contribution is 5.78. The number of nitrogens with one attached hydrogen (secondary N) is 1. The molecule has 2 aliphatic rings. The first-order chi connectivity index (χ1) is 9.97. The van der Waals surface area contributed by atoms with Gasteiger partial charge in [-0.05, 0) is 18.3 Å². The molecule has 1 saturated heterocycles. The van der Waals surface area contributed by atoms with Crippen LogP contribution in [0.4, 0.5) is 0 Å². The molecule has 2 fully saturated rings. The number of nitrogens with zero attached hydrogens (tertiary/aromatic N) is 1. The van der Waals surface area contributed by atoms with E-state index in [4.69, 9.17) is 9.84 Å². The summed E-state index contributed by atoms with van der Waals surface area (Å²) in [5, 5.41) is 12.1. The summed E-state index contributed by atoms with van der Waals surface area (Å²) in [5.74, 6) is 0.171. The van der Waals surface area contributed by atoms with Crippen molar-refractivity contribution >= 4 is 11.9 Å². The van der Waals surface area contributed by atoms with Crippen LogP contribution in [0.15, 0.2) is 0 Å². The summed E-state index contributed by atoms with van der Waals surface area (Å²) in [6.45, 7) is 5.94. The summed E-state index contributed by atoms with van der Waals surface area (Å²) in [6.07, 6.45) is 2.62. The van der Waals surface area contributed by atoms with Gasteiger partial charge in [-0.25, -0.2) is 4.79 Å². The first-order valence-corrected chi connectivity index (χ1v) is 7.83. The third-order valence-corrected chi connectivity index (χ3v) is 4.85. The molecule has 21 heavy (non-hydrogen) atoms. The fraction of sp³-hybridized carbons (Fsp3) is 0.867. The van der Waals surface area contributed by atoms with Crippen molar-refractivity contribution in [3.63, 3.8) is 0 Å². The summed E-state index contributed by atoms with van der Waals surface area (Å²) < 4.78 is 5.16. The van der Waals surface area contributed by atoms with Gasteiger partial charge in [-0.2, -0.15) is 0 Å². The van der Waals surface area contributed by atoms with E-state index in [1.165, 1.54) is 6.42 Å².